The van der Waals surface area contributed by atoms with Gasteiger partial charge in [0.15, 0.2) is 0 Å². The number of nitrogens with one attached hydrogen (secondary N) is 2. The zero-order valence-electron chi connectivity index (χ0n) is 16.7. The molecule has 5 heteroatoms. The molecule has 5 nitrogen and oxygen atoms in total. The van der Waals surface area contributed by atoms with Gasteiger partial charge in [0.25, 0.3) is 0 Å². The van der Waals surface area contributed by atoms with Crippen LogP contribution in [0.5, 0.6) is 5.75 Å². The number of carbonyl (C=O) groups excluding carboxylic acids is 1. The first-order valence-corrected chi connectivity index (χ1v) is 10.3. The number of hydrogen-bond acceptors (Lipinski definition) is 4. The van der Waals surface area contributed by atoms with Crippen molar-refractivity contribution in [3.63, 3.8) is 0 Å². The number of ether oxygens (including phenoxy) is 1. The molecule has 0 spiro atoms. The smallest absolute Gasteiger partial charge is 0.241 e. The van der Waals surface area contributed by atoms with E-state index in [0.29, 0.717) is 6.61 Å². The van der Waals surface area contributed by atoms with Crippen molar-refractivity contribution in [2.24, 2.45) is 11.8 Å². The molecule has 2 unspecified atom stereocenters. The van der Waals surface area contributed by atoms with Gasteiger partial charge in [-0.2, -0.15) is 0 Å². The molecule has 150 valence electrons. The second kappa shape index (κ2) is 8.95. The first-order chi connectivity index (χ1) is 14.2. The summed E-state index contributed by atoms with van der Waals surface area (Å²) in [5.74, 6) is 1.11. The van der Waals surface area contributed by atoms with Gasteiger partial charge in [-0.25, -0.2) is 0 Å². The Kier molecular flexibility index (Phi) is 5.94. The number of benzene rings is 2. The van der Waals surface area contributed by atoms with Crippen LogP contribution in [-0.2, 0) is 4.79 Å². The fourth-order valence-electron chi connectivity index (χ4n) is 4.10. The van der Waals surface area contributed by atoms with Crippen molar-refractivity contribution in [1.29, 1.82) is 0 Å². The average Bonchev–Trinajstić information content (AvgIpc) is 2.77. The van der Waals surface area contributed by atoms with Crippen LogP contribution >= 0.6 is 0 Å². The molecule has 1 fully saturated rings. The van der Waals surface area contributed by atoms with Crippen LogP contribution in [0.15, 0.2) is 60.8 Å². The van der Waals surface area contributed by atoms with E-state index in [9.17, 15) is 4.79 Å². The summed E-state index contributed by atoms with van der Waals surface area (Å²) < 4.78 is 6.07. The first-order valence-electron chi connectivity index (χ1n) is 10.3. The van der Waals surface area contributed by atoms with Crippen LogP contribution < -0.4 is 15.6 Å². The van der Waals surface area contributed by atoms with Crippen LogP contribution in [0.25, 0.3) is 10.9 Å². The van der Waals surface area contributed by atoms with Crippen molar-refractivity contribution < 1.29 is 9.53 Å². The van der Waals surface area contributed by atoms with Crippen LogP contribution in [0.4, 0.5) is 5.69 Å². The van der Waals surface area contributed by atoms with Gasteiger partial charge in [0.2, 0.25) is 5.91 Å². The predicted molar refractivity (Wildman–Crippen MR) is 116 cm³/mol. The molecule has 29 heavy (non-hydrogen) atoms. The summed E-state index contributed by atoms with van der Waals surface area (Å²) in [4.78, 5) is 17.3. The Morgan fingerprint density at radius 2 is 1.93 bits per heavy atom. The molecule has 2 aromatic carbocycles. The van der Waals surface area contributed by atoms with Crippen LogP contribution in [0.1, 0.15) is 31.2 Å². The molecule has 3 aromatic rings. The van der Waals surface area contributed by atoms with Gasteiger partial charge >= 0.3 is 0 Å². The van der Waals surface area contributed by atoms with Gasteiger partial charge < -0.3 is 4.74 Å². The molecular weight excluding hydrogens is 362 g/mol. The molecule has 0 bridgehead atoms. The molecule has 0 aliphatic heterocycles. The molecule has 0 saturated heterocycles. The number of rotatable bonds is 6. The molecule has 1 amide bonds. The maximum Gasteiger partial charge on any atom is 0.241 e. The van der Waals surface area contributed by atoms with E-state index in [1.807, 2.05) is 61.5 Å². The number of anilines is 1. The maximum absolute atomic E-state index is 13.0. The van der Waals surface area contributed by atoms with Gasteiger partial charge in [-0.3, -0.25) is 20.6 Å². The first kappa shape index (κ1) is 19.2. The number of carbonyl (C=O) groups is 1. The second-order valence-corrected chi connectivity index (χ2v) is 7.72. The molecule has 1 aliphatic carbocycles. The molecule has 4 rings (SSSR count). The number of nitrogens with zero attached hydrogens (tertiary/aromatic N) is 1. The third-order valence-corrected chi connectivity index (χ3v) is 5.76. The second-order valence-electron chi connectivity index (χ2n) is 7.72. The number of para-hydroxylation sites is 1. The topological polar surface area (TPSA) is 63.2 Å². The predicted octanol–water partition coefficient (Wildman–Crippen LogP) is 4.87. The van der Waals surface area contributed by atoms with E-state index in [1.54, 1.807) is 6.20 Å². The third kappa shape index (κ3) is 4.50. The molecule has 1 aromatic heterocycles. The number of amides is 1. The van der Waals surface area contributed by atoms with Crippen LogP contribution in [0.3, 0.4) is 0 Å². The van der Waals surface area contributed by atoms with Gasteiger partial charge in [0.05, 0.1) is 17.8 Å². The van der Waals surface area contributed by atoms with Gasteiger partial charge in [-0.05, 0) is 55.7 Å². The number of pyridine rings is 1. The SMILES string of the molecule is Cc1ccccc1OCC1CCCCC1C(=O)NNc1cccc2ncccc12. The Morgan fingerprint density at radius 1 is 1.07 bits per heavy atom. The summed E-state index contributed by atoms with van der Waals surface area (Å²) in [5, 5.41) is 0.985. The zero-order chi connectivity index (χ0) is 20.1. The minimum absolute atomic E-state index is 0.0315. The minimum Gasteiger partial charge on any atom is -0.493 e. The lowest BCUT2D eigenvalue weighted by molar-refractivity contribution is -0.127. The highest BCUT2D eigenvalue weighted by Gasteiger charge is 2.31. The standard InChI is InChI=1S/C24H27N3O2/c1-17-8-2-5-14-23(17)29-16-18-9-3-4-10-19(18)24(28)27-26-22-13-6-12-21-20(22)11-7-15-25-21/h2,5-8,11-15,18-19,26H,3-4,9-10,16H2,1H3,(H,27,28). The lowest BCUT2D eigenvalue weighted by atomic mass is 9.79. The van der Waals surface area contributed by atoms with Gasteiger partial charge in [0, 0.05) is 23.4 Å². The van der Waals surface area contributed by atoms with Gasteiger partial charge in [-0.15, -0.1) is 0 Å². The fraction of sp³-hybridized carbons (Fsp3) is 0.333. The van der Waals surface area contributed by atoms with Crippen molar-refractivity contribution in [3.8, 4) is 5.75 Å². The Hall–Kier alpha value is -3.08. The maximum atomic E-state index is 13.0. The normalized spacial score (nSPS) is 18.9. The van der Waals surface area contributed by atoms with Crippen LogP contribution in [0, 0.1) is 18.8 Å². The Labute approximate surface area is 171 Å². The lowest BCUT2D eigenvalue weighted by Crippen LogP contribution is -2.41. The molecule has 2 atom stereocenters. The molecule has 1 saturated carbocycles. The average molecular weight is 389 g/mol. The summed E-state index contributed by atoms with van der Waals surface area (Å²) in [6, 6.07) is 17.8. The highest BCUT2D eigenvalue weighted by Crippen LogP contribution is 2.31. The number of hydrazine groups is 1. The van der Waals surface area contributed by atoms with E-state index in [2.05, 4.69) is 15.8 Å². The zero-order valence-corrected chi connectivity index (χ0v) is 16.7. The van der Waals surface area contributed by atoms with Crippen molar-refractivity contribution in [1.82, 2.24) is 10.4 Å². The summed E-state index contributed by atoms with van der Waals surface area (Å²) in [6.45, 7) is 2.62. The highest BCUT2D eigenvalue weighted by atomic mass is 16.5. The van der Waals surface area contributed by atoms with E-state index in [1.165, 1.54) is 0 Å². The van der Waals surface area contributed by atoms with E-state index < -0.39 is 0 Å². The Balaban J connectivity index is 1.40. The lowest BCUT2D eigenvalue weighted by Gasteiger charge is -2.30. The minimum atomic E-state index is -0.0478. The number of aromatic nitrogens is 1. The summed E-state index contributed by atoms with van der Waals surface area (Å²) in [7, 11) is 0. The monoisotopic (exact) mass is 389 g/mol. The van der Waals surface area contributed by atoms with Gasteiger partial charge in [0.1, 0.15) is 5.75 Å². The number of hydrogen-bond donors (Lipinski definition) is 2. The van der Waals surface area contributed by atoms with Crippen molar-refractivity contribution in [2.45, 2.75) is 32.6 Å². The van der Waals surface area contributed by atoms with E-state index in [4.69, 9.17) is 4.74 Å². The third-order valence-electron chi connectivity index (χ3n) is 5.76. The quantitative estimate of drug-likeness (QED) is 0.590. The molecule has 1 aliphatic rings. The van der Waals surface area contributed by atoms with Crippen LogP contribution in [0.2, 0.25) is 0 Å². The van der Waals surface area contributed by atoms with Crippen molar-refractivity contribution in [3.05, 3.63) is 66.4 Å². The van der Waals surface area contributed by atoms with E-state index in [0.717, 1.165) is 53.6 Å². The Morgan fingerprint density at radius 3 is 2.83 bits per heavy atom. The summed E-state index contributed by atoms with van der Waals surface area (Å²) in [5.41, 5.74) is 8.91. The summed E-state index contributed by atoms with van der Waals surface area (Å²) in [6.07, 6.45) is 5.91. The molecule has 2 N–H and O–H groups in total. The summed E-state index contributed by atoms with van der Waals surface area (Å²) >= 11 is 0. The van der Waals surface area contributed by atoms with E-state index in [-0.39, 0.29) is 17.7 Å². The van der Waals surface area contributed by atoms with Crippen molar-refractivity contribution in [2.75, 3.05) is 12.0 Å². The fourth-order valence-corrected chi connectivity index (χ4v) is 4.10. The van der Waals surface area contributed by atoms with Crippen molar-refractivity contribution >= 4 is 22.5 Å². The highest BCUT2D eigenvalue weighted by molar-refractivity contribution is 5.92. The largest absolute Gasteiger partial charge is 0.493 e. The number of aryl methyl sites for hydroxylation is 1. The van der Waals surface area contributed by atoms with Crippen LogP contribution in [-0.4, -0.2) is 17.5 Å². The van der Waals surface area contributed by atoms with Gasteiger partial charge in [-0.1, -0.05) is 37.1 Å². The Bertz CT molecular complexity index is 983. The van der Waals surface area contributed by atoms with E-state index >= 15 is 0 Å². The molecular formula is C24H27N3O2. The molecule has 0 radical (unpaired) electrons. The number of fused-ring (bicyclic) bond motifs is 1. The molecule has 1 heterocycles.